The smallest absolute Gasteiger partial charge is 0.250 e. The molecule has 3 N–H and O–H groups in total. The molecule has 4 fully saturated rings. The lowest BCUT2D eigenvalue weighted by molar-refractivity contribution is -1.09. The van der Waals surface area contributed by atoms with E-state index in [9.17, 15) is 19.8 Å². The number of amides is 1. The number of carbonyl (C=O) groups excluding carboxylic acids is 2. The van der Waals surface area contributed by atoms with E-state index in [1.165, 1.54) is 70.8 Å². The summed E-state index contributed by atoms with van der Waals surface area (Å²) in [6.07, 6.45) is 6.42. The molecule has 4 saturated heterocycles. The Hall–Kier alpha value is -2.74. The summed E-state index contributed by atoms with van der Waals surface area (Å²) < 4.78 is 6.80. The zero-order chi connectivity index (χ0) is 31.7. The van der Waals surface area contributed by atoms with Crippen LogP contribution in [0.4, 0.5) is 0 Å². The molecule has 2 aromatic heterocycles. The average molecular weight is 653 g/mol. The number of β-lactam (4-membered cyclic amide) rings is 1. The predicted molar refractivity (Wildman–Crippen MR) is 172 cm³/mol. The van der Waals surface area contributed by atoms with E-state index in [2.05, 4.69) is 45.8 Å². The fraction of sp³-hybridized carbons (Fsp3) is 0.545. The molecule has 2 bridgehead atoms. The maximum atomic E-state index is 12.8. The normalized spacial score (nSPS) is 29.8. The second-order valence-corrected chi connectivity index (χ2v) is 15.6. The van der Waals surface area contributed by atoms with Gasteiger partial charge in [-0.25, -0.2) is 4.57 Å². The number of quaternary nitrogens is 2. The van der Waals surface area contributed by atoms with E-state index in [0.717, 1.165) is 40.8 Å². The summed E-state index contributed by atoms with van der Waals surface area (Å²) in [6.45, 7) is 14.9. The number of carboxylic acids is 1. The third-order valence-electron chi connectivity index (χ3n) is 11.1. The van der Waals surface area contributed by atoms with Crippen molar-refractivity contribution in [2.75, 3.05) is 58.6 Å². The third kappa shape index (κ3) is 5.05. The summed E-state index contributed by atoms with van der Waals surface area (Å²) in [7, 11) is 0. The van der Waals surface area contributed by atoms with E-state index >= 15 is 0 Å². The molecule has 0 radical (unpaired) electrons. The first kappa shape index (κ1) is 30.9. The number of thioether (sulfide) groups is 1. The minimum Gasteiger partial charge on any atom is -0.543 e. The van der Waals surface area contributed by atoms with E-state index in [1.807, 2.05) is 13.1 Å². The first-order valence-electron chi connectivity index (χ1n) is 16.1. The van der Waals surface area contributed by atoms with Crippen molar-refractivity contribution in [3.63, 3.8) is 0 Å². The number of carbonyl (C=O) groups is 2. The molecule has 0 saturated carbocycles. The molecule has 45 heavy (non-hydrogen) atoms. The Morgan fingerprint density at radius 2 is 1.89 bits per heavy atom. The summed E-state index contributed by atoms with van der Waals surface area (Å²) in [5, 5.41) is 23.6. The number of fused-ring (bicyclic) bond motifs is 5. The molecular formula is C33H44N6O4S2+2. The Bertz CT molecular complexity index is 1670. The summed E-state index contributed by atoms with van der Waals surface area (Å²) in [6, 6.07) is 8.68. The van der Waals surface area contributed by atoms with E-state index in [0.29, 0.717) is 5.57 Å². The van der Waals surface area contributed by atoms with Crippen LogP contribution in [0.1, 0.15) is 36.3 Å². The van der Waals surface area contributed by atoms with Gasteiger partial charge in [-0.15, -0.1) is 0 Å². The van der Waals surface area contributed by atoms with E-state index < -0.39 is 18.0 Å². The van der Waals surface area contributed by atoms with Gasteiger partial charge in [-0.3, -0.25) is 4.79 Å². The molecule has 4 atom stereocenters. The van der Waals surface area contributed by atoms with Gasteiger partial charge in [0.05, 0.1) is 41.2 Å². The maximum absolute atomic E-state index is 12.8. The van der Waals surface area contributed by atoms with E-state index in [-0.39, 0.29) is 23.6 Å². The highest BCUT2D eigenvalue weighted by Gasteiger charge is 2.59. The number of hydrogen-bond acceptors (Lipinski definition) is 7. The molecule has 3 aromatic rings. The lowest BCUT2D eigenvalue weighted by atomic mass is 9.77. The summed E-state index contributed by atoms with van der Waals surface area (Å²) in [5.74, 6) is -2.51. The standard InChI is InChI=1S/C33H44N6O4S2/c1-21-26(29(33(42)43)37-28(21)27(22(2)40)30(37)41)25-18-36-20-35(31(44-3)32(36)45-25)17-23-6-4-7-24(16-23)19-39-13-10-38(11-14-39,12-15-39)9-5-8-34/h4,6-7,16,18,20-22,27-28,40H,5,8-15,17,19,34H2,1-3H3/q+2/t21-,22+,27+,28+,38?,39?/m0/s1. The highest BCUT2D eigenvalue weighted by molar-refractivity contribution is 7.98. The highest BCUT2D eigenvalue weighted by atomic mass is 32.2. The van der Waals surface area contributed by atoms with Crippen molar-refractivity contribution in [1.82, 2.24) is 9.30 Å². The number of aliphatic carboxylic acids is 1. The van der Waals surface area contributed by atoms with Gasteiger partial charge >= 0.3 is 0 Å². The number of imidazole rings is 1. The molecule has 12 heteroatoms. The van der Waals surface area contributed by atoms with Crippen molar-refractivity contribution in [3.05, 3.63) is 58.5 Å². The highest BCUT2D eigenvalue weighted by Crippen LogP contribution is 2.51. The van der Waals surface area contributed by atoms with Gasteiger partial charge in [0.1, 0.15) is 58.6 Å². The van der Waals surface area contributed by atoms with Crippen molar-refractivity contribution < 1.29 is 33.3 Å². The third-order valence-corrected chi connectivity index (χ3v) is 13.2. The molecule has 10 nitrogen and oxygen atoms in total. The molecule has 240 valence electrons. The van der Waals surface area contributed by atoms with Gasteiger partial charge in [-0.2, -0.15) is 4.40 Å². The van der Waals surface area contributed by atoms with Gasteiger partial charge in [-0.1, -0.05) is 48.2 Å². The van der Waals surface area contributed by atoms with Crippen molar-refractivity contribution >= 4 is 45.4 Å². The van der Waals surface area contributed by atoms with Crippen LogP contribution in [-0.2, 0) is 22.7 Å². The molecule has 5 aliphatic heterocycles. The van der Waals surface area contributed by atoms with Crippen LogP contribution >= 0.6 is 23.1 Å². The minimum absolute atomic E-state index is 0.0525. The Labute approximate surface area is 272 Å². The SMILES string of the molecule is CSc1c2sc(C3=C(C(=O)[O-])N4C(=O)[C@H]([C@@H](C)O)[C@H]4[C@H]3C)cn2c[n+]1Cc1cccc(C[N+]23CC[N+](CCCN)(CC2)CC3)c1. The largest absolute Gasteiger partial charge is 0.543 e. The number of aliphatic hydroxyl groups excluding tert-OH is 1. The fourth-order valence-electron chi connectivity index (χ4n) is 8.61. The number of piperazine rings is 3. The quantitative estimate of drug-likeness (QED) is 0.138. The molecule has 1 amide bonds. The van der Waals surface area contributed by atoms with Gasteiger partial charge in [0.15, 0.2) is 0 Å². The van der Waals surface area contributed by atoms with E-state index in [1.54, 1.807) is 30.0 Å². The molecule has 1 aromatic carbocycles. The summed E-state index contributed by atoms with van der Waals surface area (Å²) >= 11 is 3.22. The number of aromatic nitrogens is 2. The van der Waals surface area contributed by atoms with Crippen molar-refractivity contribution in [2.24, 2.45) is 17.6 Å². The second-order valence-electron chi connectivity index (χ2n) is 13.7. The molecular weight excluding hydrogens is 609 g/mol. The van der Waals surface area contributed by atoms with Gasteiger partial charge in [0, 0.05) is 23.5 Å². The van der Waals surface area contributed by atoms with E-state index in [4.69, 9.17) is 5.73 Å². The lowest BCUT2D eigenvalue weighted by Gasteiger charge is -2.55. The first-order valence-corrected chi connectivity index (χ1v) is 18.2. The van der Waals surface area contributed by atoms with Crippen molar-refractivity contribution in [3.8, 4) is 0 Å². The van der Waals surface area contributed by atoms with Crippen LogP contribution in [0.5, 0.6) is 0 Å². The van der Waals surface area contributed by atoms with Gasteiger partial charge in [0.2, 0.25) is 15.8 Å². The molecule has 5 aliphatic rings. The van der Waals surface area contributed by atoms with Gasteiger partial charge in [-0.05, 0) is 31.4 Å². The number of rotatable bonds is 11. The molecule has 0 unspecified atom stereocenters. The number of hydrogen-bond donors (Lipinski definition) is 2. The van der Waals surface area contributed by atoms with Crippen molar-refractivity contribution in [2.45, 2.75) is 50.5 Å². The Morgan fingerprint density at radius 1 is 1.20 bits per heavy atom. The minimum atomic E-state index is -1.35. The zero-order valence-electron chi connectivity index (χ0n) is 26.4. The summed E-state index contributed by atoms with van der Waals surface area (Å²) in [5.41, 5.74) is 9.06. The number of thiazole rings is 1. The Kier molecular flexibility index (Phi) is 7.89. The van der Waals surface area contributed by atoms with Crippen LogP contribution in [0.15, 0.2) is 47.5 Å². The van der Waals surface area contributed by atoms with Crippen LogP contribution in [0.25, 0.3) is 10.4 Å². The Balaban J connectivity index is 1.11. The fourth-order valence-corrected chi connectivity index (χ4v) is 10.8. The topological polar surface area (TPSA) is 115 Å². The number of nitrogens with zero attached hydrogens (tertiary/aromatic N) is 5. The second kappa shape index (κ2) is 11.5. The van der Waals surface area contributed by atoms with Crippen LogP contribution < -0.4 is 15.4 Å². The monoisotopic (exact) mass is 652 g/mol. The first-order chi connectivity index (χ1) is 21.6. The predicted octanol–water partition coefficient (Wildman–Crippen LogP) is 0.887. The number of carboxylic acid groups (broad SMARTS) is 1. The zero-order valence-corrected chi connectivity index (χ0v) is 28.0. The van der Waals surface area contributed by atoms with Gasteiger partial charge < -0.3 is 34.6 Å². The molecule has 7 heterocycles. The van der Waals surface area contributed by atoms with Crippen LogP contribution in [0.3, 0.4) is 0 Å². The average Bonchev–Trinajstić information content (AvgIpc) is 3.64. The van der Waals surface area contributed by atoms with Crippen LogP contribution in [0.2, 0.25) is 0 Å². The van der Waals surface area contributed by atoms with Crippen LogP contribution in [0, 0.1) is 11.8 Å². The molecule has 0 spiro atoms. The number of aliphatic hydroxyl groups is 1. The maximum Gasteiger partial charge on any atom is 0.250 e. The summed E-state index contributed by atoms with van der Waals surface area (Å²) in [4.78, 5) is 28.3. The molecule has 0 aliphatic carbocycles. The molecule has 8 rings (SSSR count). The lowest BCUT2D eigenvalue weighted by Crippen LogP contribution is -2.74. The van der Waals surface area contributed by atoms with Crippen molar-refractivity contribution in [1.29, 1.82) is 0 Å². The number of benzene rings is 1. The van der Waals surface area contributed by atoms with Crippen LogP contribution in [-0.4, -0.2) is 106 Å². The van der Waals surface area contributed by atoms with Gasteiger partial charge in [0.25, 0.3) is 6.33 Å². The number of nitrogens with two attached hydrogens (primary N) is 1. The Morgan fingerprint density at radius 3 is 2.53 bits per heavy atom.